The summed E-state index contributed by atoms with van der Waals surface area (Å²) in [5.74, 6) is 0. The summed E-state index contributed by atoms with van der Waals surface area (Å²) >= 11 is 0. The van der Waals surface area contributed by atoms with E-state index in [2.05, 4.69) is 10.9 Å². The monoisotopic (exact) mass is 381 g/mol. The van der Waals surface area contributed by atoms with E-state index in [0.717, 1.165) is 27.8 Å². The van der Waals surface area contributed by atoms with Gasteiger partial charge in [0.15, 0.2) is 0 Å². The Hall–Kier alpha value is -4.79. The molecule has 0 bridgehead atoms. The molecule has 3 aromatic carbocycles. The quantitative estimate of drug-likeness (QED) is 0.290. The number of nitrogens with zero attached hydrogens (tertiary/aromatic N) is 5. The Morgan fingerprint density at radius 2 is 1.50 bits per heavy atom. The lowest BCUT2D eigenvalue weighted by Gasteiger charge is -2.07. The molecule has 0 spiro atoms. The second kappa shape index (κ2) is 6.67. The minimum absolute atomic E-state index is 0.0176. The number of hydrogen-bond donors (Lipinski definition) is 0. The number of hydrogen-bond acceptors (Lipinski definition) is 4. The molecular formula is C25H11N5. The molecule has 4 aromatic rings. The van der Waals surface area contributed by atoms with Gasteiger partial charge < -0.3 is 0 Å². The molecule has 1 aromatic heterocycles. The van der Waals surface area contributed by atoms with Gasteiger partial charge in [-0.1, -0.05) is 42.5 Å². The minimum atomic E-state index is 0.0176. The Balaban J connectivity index is 1.74. The molecule has 0 amide bonds. The summed E-state index contributed by atoms with van der Waals surface area (Å²) in [5, 5.41) is 18.5. The molecule has 5 rings (SSSR count). The van der Waals surface area contributed by atoms with Crippen molar-refractivity contribution < 1.29 is 0 Å². The van der Waals surface area contributed by atoms with E-state index in [1.165, 1.54) is 0 Å². The molecule has 5 heteroatoms. The van der Waals surface area contributed by atoms with Gasteiger partial charge in [-0.25, -0.2) is 20.1 Å². The number of aromatic nitrogens is 2. The summed E-state index contributed by atoms with van der Waals surface area (Å²) in [6.45, 7) is 7.40. The van der Waals surface area contributed by atoms with Gasteiger partial charge in [-0.2, -0.15) is 5.26 Å². The van der Waals surface area contributed by atoms with Crippen LogP contribution in [0.2, 0.25) is 0 Å². The standard InChI is InChI=1S/C25H11N5/c1-28-22(14-27)23-18-4-2-3-5-19(18)24-25(23)29-20-11-10-17(12-21(20)30-24)16-8-6-15(13-26)7-9-16/h2-12H. The maximum absolute atomic E-state index is 9.46. The largest absolute Gasteiger partial charge is 0.271 e. The molecule has 136 valence electrons. The molecule has 0 radical (unpaired) electrons. The van der Waals surface area contributed by atoms with Crippen LogP contribution < -0.4 is 0 Å². The average molecular weight is 381 g/mol. The minimum Gasteiger partial charge on any atom is -0.245 e. The van der Waals surface area contributed by atoms with Crippen molar-refractivity contribution in [2.45, 2.75) is 0 Å². The molecule has 5 nitrogen and oxygen atoms in total. The predicted molar refractivity (Wildman–Crippen MR) is 113 cm³/mol. The lowest BCUT2D eigenvalue weighted by molar-refractivity contribution is 1.27. The lowest BCUT2D eigenvalue weighted by atomic mass is 10.0. The van der Waals surface area contributed by atoms with E-state index >= 15 is 0 Å². The zero-order valence-electron chi connectivity index (χ0n) is 15.6. The molecule has 0 N–H and O–H groups in total. The van der Waals surface area contributed by atoms with Gasteiger partial charge in [-0.15, -0.1) is 0 Å². The van der Waals surface area contributed by atoms with Crippen LogP contribution >= 0.6 is 0 Å². The number of fused-ring (bicyclic) bond motifs is 4. The second-order valence-corrected chi connectivity index (χ2v) is 6.81. The summed E-state index contributed by atoms with van der Waals surface area (Å²) in [7, 11) is 0. The average Bonchev–Trinajstić information content (AvgIpc) is 3.12. The third-order valence-corrected chi connectivity index (χ3v) is 5.15. The van der Waals surface area contributed by atoms with Crippen molar-refractivity contribution in [3.8, 4) is 34.5 Å². The third kappa shape index (κ3) is 2.53. The van der Waals surface area contributed by atoms with Crippen LogP contribution in [0.25, 0.3) is 43.8 Å². The summed E-state index contributed by atoms with van der Waals surface area (Å²) in [6.07, 6.45) is 0. The summed E-state index contributed by atoms with van der Waals surface area (Å²) in [4.78, 5) is 13.0. The van der Waals surface area contributed by atoms with Gasteiger partial charge in [-0.3, -0.25) is 0 Å². The van der Waals surface area contributed by atoms with Gasteiger partial charge in [0.05, 0.1) is 46.7 Å². The molecule has 0 fully saturated rings. The highest BCUT2D eigenvalue weighted by Gasteiger charge is 2.29. The summed E-state index contributed by atoms with van der Waals surface area (Å²) < 4.78 is 0. The van der Waals surface area contributed by atoms with Crippen LogP contribution in [0.3, 0.4) is 0 Å². The number of benzene rings is 3. The van der Waals surface area contributed by atoms with Crippen LogP contribution in [0.4, 0.5) is 0 Å². The highest BCUT2D eigenvalue weighted by Crippen LogP contribution is 2.44. The third-order valence-electron chi connectivity index (χ3n) is 5.15. The second-order valence-electron chi connectivity index (χ2n) is 6.81. The fourth-order valence-electron chi connectivity index (χ4n) is 3.74. The van der Waals surface area contributed by atoms with Crippen LogP contribution in [0.1, 0.15) is 16.8 Å². The fraction of sp³-hybridized carbons (Fsp3) is 0. The van der Waals surface area contributed by atoms with Gasteiger partial charge in [0.2, 0.25) is 0 Å². The normalized spacial score (nSPS) is 13.0. The zero-order valence-corrected chi connectivity index (χ0v) is 15.6. The van der Waals surface area contributed by atoms with Crippen LogP contribution in [-0.2, 0) is 0 Å². The molecule has 1 heterocycles. The van der Waals surface area contributed by atoms with E-state index in [1.807, 2.05) is 60.7 Å². The summed E-state index contributed by atoms with van der Waals surface area (Å²) in [5.41, 5.74) is 7.49. The van der Waals surface area contributed by atoms with Gasteiger partial charge in [0, 0.05) is 11.1 Å². The van der Waals surface area contributed by atoms with Gasteiger partial charge in [-0.05, 0) is 41.0 Å². The molecule has 1 aliphatic rings. The van der Waals surface area contributed by atoms with Crippen molar-refractivity contribution in [1.29, 1.82) is 10.5 Å². The first-order valence-electron chi connectivity index (χ1n) is 9.18. The van der Waals surface area contributed by atoms with E-state index < -0.39 is 0 Å². The molecule has 0 saturated heterocycles. The highest BCUT2D eigenvalue weighted by molar-refractivity contribution is 6.02. The first-order valence-corrected chi connectivity index (χ1v) is 9.18. The van der Waals surface area contributed by atoms with Crippen molar-refractivity contribution in [2.24, 2.45) is 0 Å². The molecule has 0 saturated carbocycles. The van der Waals surface area contributed by atoms with E-state index in [9.17, 15) is 5.26 Å². The van der Waals surface area contributed by atoms with Crippen LogP contribution in [0.15, 0.2) is 72.4 Å². The SMILES string of the molecule is [C-]#[N+]C(C#N)=C1c2ccccc2-c2nc3cc(-c4ccc(C#N)cc4)ccc3nc21. The first-order chi connectivity index (χ1) is 14.7. The van der Waals surface area contributed by atoms with Gasteiger partial charge in [0.1, 0.15) is 0 Å². The topological polar surface area (TPSA) is 77.7 Å². The predicted octanol–water partition coefficient (Wildman–Crippen LogP) is 5.35. The zero-order chi connectivity index (χ0) is 20.7. The fourth-order valence-corrected chi connectivity index (χ4v) is 3.74. The highest BCUT2D eigenvalue weighted by atomic mass is 14.9. The molecule has 0 aliphatic heterocycles. The van der Waals surface area contributed by atoms with E-state index in [-0.39, 0.29) is 5.70 Å². The Morgan fingerprint density at radius 1 is 0.800 bits per heavy atom. The van der Waals surface area contributed by atoms with Gasteiger partial charge in [0.25, 0.3) is 5.70 Å². The van der Waals surface area contributed by atoms with Crippen LogP contribution in [0, 0.1) is 29.2 Å². The van der Waals surface area contributed by atoms with Crippen molar-refractivity contribution in [1.82, 2.24) is 9.97 Å². The maximum atomic E-state index is 9.46. The summed E-state index contributed by atoms with van der Waals surface area (Å²) in [6, 6.07) is 24.9. The van der Waals surface area contributed by atoms with Crippen molar-refractivity contribution in [3.05, 3.63) is 101 Å². The van der Waals surface area contributed by atoms with Crippen LogP contribution in [0.5, 0.6) is 0 Å². The van der Waals surface area contributed by atoms with Gasteiger partial charge >= 0.3 is 0 Å². The number of nitriles is 2. The smallest absolute Gasteiger partial charge is 0.245 e. The maximum Gasteiger partial charge on any atom is 0.271 e. The van der Waals surface area contributed by atoms with Crippen molar-refractivity contribution in [2.75, 3.05) is 0 Å². The molecule has 0 atom stereocenters. The molecule has 1 aliphatic carbocycles. The van der Waals surface area contributed by atoms with E-state index in [4.69, 9.17) is 21.8 Å². The van der Waals surface area contributed by atoms with Crippen molar-refractivity contribution in [3.63, 3.8) is 0 Å². The van der Waals surface area contributed by atoms with E-state index in [1.54, 1.807) is 12.1 Å². The molecule has 0 unspecified atom stereocenters. The Morgan fingerprint density at radius 3 is 2.20 bits per heavy atom. The van der Waals surface area contributed by atoms with Crippen LogP contribution in [-0.4, -0.2) is 9.97 Å². The molecule has 30 heavy (non-hydrogen) atoms. The lowest BCUT2D eigenvalue weighted by Crippen LogP contribution is -1.94. The van der Waals surface area contributed by atoms with Crippen molar-refractivity contribution >= 4 is 16.6 Å². The number of allylic oxidation sites excluding steroid dienone is 1. The van der Waals surface area contributed by atoms with E-state index in [0.29, 0.717) is 28.0 Å². The number of rotatable bonds is 1. The Kier molecular flexibility index (Phi) is 3.85. The Labute approximate surface area is 172 Å². The molecular weight excluding hydrogens is 370 g/mol. The first kappa shape index (κ1) is 17.3. The Bertz CT molecular complexity index is 1490.